The van der Waals surface area contributed by atoms with Gasteiger partial charge in [-0.25, -0.2) is 9.78 Å². The summed E-state index contributed by atoms with van der Waals surface area (Å²) in [6.45, 7) is 1.89. The Morgan fingerprint density at radius 1 is 1.64 bits per heavy atom. The second-order valence-corrected chi connectivity index (χ2v) is 3.92. The molecule has 0 amide bonds. The molecule has 4 heteroatoms. The minimum absolute atomic E-state index is 0.343. The highest BCUT2D eigenvalue weighted by molar-refractivity contribution is 6.30. The molecule has 0 saturated heterocycles. The van der Waals surface area contributed by atoms with Crippen LogP contribution in [0.4, 0.5) is 0 Å². The zero-order valence-electron chi connectivity index (χ0n) is 7.75. The quantitative estimate of drug-likeness (QED) is 0.425. The van der Waals surface area contributed by atoms with Crippen molar-refractivity contribution in [3.8, 4) is 0 Å². The summed E-state index contributed by atoms with van der Waals surface area (Å²) in [7, 11) is 0. The number of pyridine rings is 1. The molecule has 1 fully saturated rings. The lowest BCUT2D eigenvalue weighted by Gasteiger charge is -2.08. The maximum Gasteiger partial charge on any atom is 0.235 e. The number of hydrogen-bond acceptors (Lipinski definition) is 3. The molecule has 0 aliphatic heterocycles. The van der Waals surface area contributed by atoms with Crippen LogP contribution < -0.4 is 0 Å². The lowest BCUT2D eigenvalue weighted by atomic mass is 10.1. The Morgan fingerprint density at radius 2 is 2.36 bits per heavy atom. The van der Waals surface area contributed by atoms with E-state index in [4.69, 9.17) is 11.6 Å². The van der Waals surface area contributed by atoms with Crippen molar-refractivity contribution in [3.63, 3.8) is 0 Å². The third-order valence-electron chi connectivity index (χ3n) is 2.54. The molecule has 0 aromatic carbocycles. The highest BCUT2D eigenvalue weighted by atomic mass is 35.5. The van der Waals surface area contributed by atoms with Gasteiger partial charge in [-0.05, 0) is 37.0 Å². The summed E-state index contributed by atoms with van der Waals surface area (Å²) in [6, 6.07) is 1.93. The second-order valence-electron chi connectivity index (χ2n) is 3.57. The fraction of sp³-hybridized carbons (Fsp3) is 0.400. The Hall–Kier alpha value is -1.18. The standard InChI is InChI=1S/C10H9ClN2O/c1-7-4-8(5-12-9(7)11)10(2-3-10)13-6-14/h4-5H,2-3H2,1H3. The molecule has 0 radical (unpaired) electrons. The molecule has 2 rings (SSSR count). The SMILES string of the molecule is Cc1cc(C2(N=C=O)CC2)cnc1Cl. The maximum atomic E-state index is 10.2. The van der Waals surface area contributed by atoms with Crippen molar-refractivity contribution < 1.29 is 4.79 Å². The van der Waals surface area contributed by atoms with Crippen LogP contribution in [0, 0.1) is 6.92 Å². The molecule has 0 unspecified atom stereocenters. The molecule has 0 N–H and O–H groups in total. The number of nitrogens with zero attached hydrogens (tertiary/aromatic N) is 2. The second kappa shape index (κ2) is 3.19. The predicted molar refractivity (Wildman–Crippen MR) is 53.0 cm³/mol. The fourth-order valence-electron chi connectivity index (χ4n) is 1.48. The van der Waals surface area contributed by atoms with E-state index in [1.807, 2.05) is 13.0 Å². The summed E-state index contributed by atoms with van der Waals surface area (Å²) in [5.74, 6) is 0. The minimum Gasteiger partial charge on any atom is -0.244 e. The summed E-state index contributed by atoms with van der Waals surface area (Å²) < 4.78 is 0. The van der Waals surface area contributed by atoms with E-state index >= 15 is 0 Å². The molecule has 14 heavy (non-hydrogen) atoms. The molecule has 0 atom stereocenters. The van der Waals surface area contributed by atoms with Crippen LogP contribution in [0.25, 0.3) is 0 Å². The topological polar surface area (TPSA) is 42.3 Å². The average Bonchev–Trinajstić information content (AvgIpc) is 2.91. The number of halogens is 1. The zero-order valence-corrected chi connectivity index (χ0v) is 8.51. The molecule has 1 saturated carbocycles. The summed E-state index contributed by atoms with van der Waals surface area (Å²) in [4.78, 5) is 18.1. The van der Waals surface area contributed by atoms with Gasteiger partial charge in [0, 0.05) is 6.20 Å². The first kappa shape index (κ1) is 9.38. The smallest absolute Gasteiger partial charge is 0.235 e. The van der Waals surface area contributed by atoms with Crippen LogP contribution in [0.2, 0.25) is 5.15 Å². The normalized spacial score (nSPS) is 17.3. The van der Waals surface area contributed by atoms with Crippen molar-refractivity contribution in [1.29, 1.82) is 0 Å². The molecule has 1 heterocycles. The van der Waals surface area contributed by atoms with E-state index in [2.05, 4.69) is 9.98 Å². The van der Waals surface area contributed by atoms with Crippen LogP contribution in [0.1, 0.15) is 24.0 Å². The first-order chi connectivity index (χ1) is 6.68. The first-order valence-corrected chi connectivity index (χ1v) is 4.77. The van der Waals surface area contributed by atoms with Crippen LogP contribution in [-0.4, -0.2) is 11.1 Å². The number of aromatic nitrogens is 1. The number of aliphatic imine (C=N–C) groups is 1. The van der Waals surface area contributed by atoms with E-state index in [1.165, 1.54) is 0 Å². The number of rotatable bonds is 2. The molecule has 1 aromatic heterocycles. The van der Waals surface area contributed by atoms with Crippen molar-refractivity contribution in [2.45, 2.75) is 25.3 Å². The minimum atomic E-state index is -0.343. The number of aryl methyl sites for hydroxylation is 1. The Kier molecular flexibility index (Phi) is 2.14. The number of isocyanates is 1. The van der Waals surface area contributed by atoms with Gasteiger partial charge in [0.2, 0.25) is 6.08 Å². The molecular formula is C10H9ClN2O. The highest BCUT2D eigenvalue weighted by Gasteiger charge is 2.45. The predicted octanol–water partition coefficient (Wildman–Crippen LogP) is 2.37. The van der Waals surface area contributed by atoms with Crippen molar-refractivity contribution in [3.05, 3.63) is 28.5 Å². The van der Waals surface area contributed by atoms with E-state index < -0.39 is 0 Å². The molecule has 1 aliphatic carbocycles. The van der Waals surface area contributed by atoms with Gasteiger partial charge in [0.1, 0.15) is 5.15 Å². The lowest BCUT2D eigenvalue weighted by molar-refractivity contribution is 0.556. The summed E-state index contributed by atoms with van der Waals surface area (Å²) in [5, 5.41) is 0.500. The molecule has 3 nitrogen and oxygen atoms in total. The summed E-state index contributed by atoms with van der Waals surface area (Å²) >= 11 is 5.81. The van der Waals surface area contributed by atoms with Gasteiger partial charge in [-0.1, -0.05) is 11.6 Å². The molecule has 1 aliphatic rings. The third-order valence-corrected chi connectivity index (χ3v) is 2.93. The Labute approximate surface area is 86.8 Å². The van der Waals surface area contributed by atoms with E-state index in [-0.39, 0.29) is 5.54 Å². The van der Waals surface area contributed by atoms with Crippen molar-refractivity contribution in [2.75, 3.05) is 0 Å². The van der Waals surface area contributed by atoms with Gasteiger partial charge < -0.3 is 0 Å². The van der Waals surface area contributed by atoms with Crippen LogP contribution in [0.15, 0.2) is 17.3 Å². The van der Waals surface area contributed by atoms with Crippen LogP contribution in [0.3, 0.4) is 0 Å². The molecule has 0 bridgehead atoms. The van der Waals surface area contributed by atoms with Gasteiger partial charge in [0.25, 0.3) is 0 Å². The van der Waals surface area contributed by atoms with Crippen LogP contribution in [0.5, 0.6) is 0 Å². The fourth-order valence-corrected chi connectivity index (χ4v) is 1.59. The largest absolute Gasteiger partial charge is 0.244 e. The summed E-state index contributed by atoms with van der Waals surface area (Å²) in [5.41, 5.74) is 1.53. The van der Waals surface area contributed by atoms with E-state index in [9.17, 15) is 4.79 Å². The molecule has 0 spiro atoms. The zero-order chi connectivity index (χ0) is 10.2. The molecular weight excluding hydrogens is 200 g/mol. The number of hydrogen-bond donors (Lipinski definition) is 0. The van der Waals surface area contributed by atoms with Crippen molar-refractivity contribution >= 4 is 17.7 Å². The van der Waals surface area contributed by atoms with Crippen LogP contribution in [-0.2, 0) is 10.3 Å². The average molecular weight is 209 g/mol. The maximum absolute atomic E-state index is 10.2. The molecule has 72 valence electrons. The highest BCUT2D eigenvalue weighted by Crippen LogP contribution is 2.49. The van der Waals surface area contributed by atoms with Gasteiger partial charge in [-0.15, -0.1) is 0 Å². The van der Waals surface area contributed by atoms with Crippen molar-refractivity contribution in [2.24, 2.45) is 4.99 Å². The van der Waals surface area contributed by atoms with E-state index in [0.717, 1.165) is 24.0 Å². The van der Waals surface area contributed by atoms with Crippen LogP contribution >= 0.6 is 11.6 Å². The van der Waals surface area contributed by atoms with Gasteiger partial charge in [-0.3, -0.25) is 0 Å². The van der Waals surface area contributed by atoms with Gasteiger partial charge >= 0.3 is 0 Å². The van der Waals surface area contributed by atoms with E-state index in [0.29, 0.717) is 5.15 Å². The third kappa shape index (κ3) is 1.45. The Balaban J connectivity index is 2.42. The van der Waals surface area contributed by atoms with Gasteiger partial charge in [0.05, 0.1) is 5.54 Å². The van der Waals surface area contributed by atoms with Crippen molar-refractivity contribution in [1.82, 2.24) is 4.98 Å². The first-order valence-electron chi connectivity index (χ1n) is 4.40. The van der Waals surface area contributed by atoms with E-state index in [1.54, 1.807) is 12.3 Å². The summed E-state index contributed by atoms with van der Waals surface area (Å²) in [6.07, 6.45) is 5.09. The lowest BCUT2D eigenvalue weighted by Crippen LogP contribution is -2.03. The molecule has 1 aromatic rings. The Morgan fingerprint density at radius 3 is 2.86 bits per heavy atom. The number of carbonyl (C=O) groups excluding carboxylic acids is 1. The Bertz CT molecular complexity index is 420. The van der Waals surface area contributed by atoms with Gasteiger partial charge in [0.15, 0.2) is 0 Å². The van der Waals surface area contributed by atoms with Gasteiger partial charge in [-0.2, -0.15) is 4.99 Å². The monoisotopic (exact) mass is 208 g/mol.